The van der Waals surface area contributed by atoms with Gasteiger partial charge in [-0.2, -0.15) is 0 Å². The molecule has 10 heavy (non-hydrogen) atoms. The monoisotopic (exact) mass is 163 g/mol. The predicted molar refractivity (Wildman–Crippen MR) is 43.9 cm³/mol. The number of rotatable bonds is 3. The highest BCUT2D eigenvalue weighted by Gasteiger charge is 2.23. The van der Waals surface area contributed by atoms with Crippen molar-refractivity contribution in [3.05, 3.63) is 0 Å². The molecule has 1 saturated carbocycles. The van der Waals surface area contributed by atoms with E-state index in [1.165, 1.54) is 12.8 Å². The minimum Gasteiger partial charge on any atom is -0.481 e. The molecule has 0 radical (unpaired) electrons. The number of nitrogens with one attached hydrogen (secondary N) is 1. The van der Waals surface area contributed by atoms with Crippen LogP contribution in [0.3, 0.4) is 0 Å². The van der Waals surface area contributed by atoms with E-state index in [9.17, 15) is 0 Å². The Labute approximate surface area is 67.9 Å². The van der Waals surface area contributed by atoms with Crippen molar-refractivity contribution in [2.45, 2.75) is 26.2 Å². The first-order valence-electron chi connectivity index (χ1n) is 3.53. The number of ether oxygens (including phenoxy) is 1. The lowest BCUT2D eigenvalue weighted by Gasteiger charge is -2.01. The molecule has 3 heteroatoms. The fourth-order valence-electron chi connectivity index (χ4n) is 0.817. The summed E-state index contributed by atoms with van der Waals surface area (Å²) in [5, 5.41) is 7.24. The summed E-state index contributed by atoms with van der Waals surface area (Å²) in [5.41, 5.74) is 0. The Morgan fingerprint density at radius 2 is 2.20 bits per heavy atom. The molecular weight excluding hydrogens is 150 g/mol. The molecule has 1 aliphatic carbocycles. The van der Waals surface area contributed by atoms with E-state index in [1.807, 2.05) is 6.92 Å². The van der Waals surface area contributed by atoms with Crippen LogP contribution < -0.4 is 0 Å². The van der Waals surface area contributed by atoms with Crippen LogP contribution in [0.15, 0.2) is 0 Å². The van der Waals surface area contributed by atoms with E-state index in [2.05, 4.69) is 0 Å². The van der Waals surface area contributed by atoms with Gasteiger partial charge in [0.05, 0.1) is 6.61 Å². The molecule has 1 fully saturated rings. The number of halogens is 1. The molecule has 1 N–H and O–H groups in total. The first kappa shape index (κ1) is 9.76. The maximum absolute atomic E-state index is 7.24. The summed E-state index contributed by atoms with van der Waals surface area (Å²) >= 11 is 0. The average Bonchev–Trinajstić information content (AvgIpc) is 2.50. The summed E-state index contributed by atoms with van der Waals surface area (Å²) in [7, 11) is 0. The summed E-state index contributed by atoms with van der Waals surface area (Å²) < 4.78 is 4.98. The van der Waals surface area contributed by atoms with Gasteiger partial charge in [0.2, 0.25) is 0 Å². The molecule has 0 heterocycles. The first-order chi connectivity index (χ1) is 4.33. The fourth-order valence-corrected chi connectivity index (χ4v) is 0.817. The van der Waals surface area contributed by atoms with Crippen molar-refractivity contribution in [1.29, 1.82) is 5.41 Å². The Hall–Kier alpha value is -0.240. The normalized spacial score (nSPS) is 15.7. The molecule has 0 aromatic rings. The van der Waals surface area contributed by atoms with Crippen LogP contribution in [-0.4, -0.2) is 12.5 Å². The van der Waals surface area contributed by atoms with E-state index in [4.69, 9.17) is 10.1 Å². The maximum Gasteiger partial charge on any atom is 0.180 e. The van der Waals surface area contributed by atoms with Gasteiger partial charge in [0, 0.05) is 6.42 Å². The summed E-state index contributed by atoms with van der Waals surface area (Å²) in [6.07, 6.45) is 3.47. The van der Waals surface area contributed by atoms with Crippen molar-refractivity contribution in [3.63, 3.8) is 0 Å². The van der Waals surface area contributed by atoms with E-state index in [-0.39, 0.29) is 12.4 Å². The fraction of sp³-hybridized carbons (Fsp3) is 0.857. The molecule has 0 bridgehead atoms. The average molecular weight is 164 g/mol. The quantitative estimate of drug-likeness (QED) is 0.502. The summed E-state index contributed by atoms with van der Waals surface area (Å²) in [4.78, 5) is 0. The van der Waals surface area contributed by atoms with Crippen LogP contribution in [0.25, 0.3) is 0 Å². The second kappa shape index (κ2) is 4.56. The van der Waals surface area contributed by atoms with Crippen molar-refractivity contribution in [2.75, 3.05) is 6.61 Å². The third kappa shape index (κ3) is 3.72. The van der Waals surface area contributed by atoms with Crippen LogP contribution >= 0.6 is 12.4 Å². The van der Waals surface area contributed by atoms with Gasteiger partial charge in [0.25, 0.3) is 0 Å². The maximum atomic E-state index is 7.24. The first-order valence-corrected chi connectivity index (χ1v) is 3.53. The van der Waals surface area contributed by atoms with Gasteiger partial charge >= 0.3 is 0 Å². The van der Waals surface area contributed by atoms with Crippen LogP contribution in [0.5, 0.6) is 0 Å². The highest BCUT2D eigenvalue weighted by molar-refractivity contribution is 5.85. The molecule has 2 nitrogen and oxygen atoms in total. The van der Waals surface area contributed by atoms with Crippen molar-refractivity contribution in [2.24, 2.45) is 5.92 Å². The van der Waals surface area contributed by atoms with Gasteiger partial charge in [-0.05, 0) is 25.7 Å². The minimum atomic E-state index is 0. The van der Waals surface area contributed by atoms with Gasteiger partial charge in [0.15, 0.2) is 5.90 Å². The van der Waals surface area contributed by atoms with E-state index in [0.29, 0.717) is 12.5 Å². The highest BCUT2D eigenvalue weighted by atomic mass is 35.5. The van der Waals surface area contributed by atoms with Crippen molar-refractivity contribution < 1.29 is 4.74 Å². The Morgan fingerprint density at radius 3 is 2.60 bits per heavy atom. The molecule has 0 amide bonds. The molecule has 0 saturated heterocycles. The minimum absolute atomic E-state index is 0. The molecule has 0 aromatic heterocycles. The van der Waals surface area contributed by atoms with E-state index >= 15 is 0 Å². The molecule has 0 unspecified atom stereocenters. The molecule has 60 valence electrons. The Morgan fingerprint density at radius 1 is 1.60 bits per heavy atom. The third-order valence-corrected chi connectivity index (χ3v) is 1.49. The summed E-state index contributed by atoms with van der Waals surface area (Å²) in [6.45, 7) is 2.56. The van der Waals surface area contributed by atoms with Gasteiger partial charge in [0.1, 0.15) is 0 Å². The lowest BCUT2D eigenvalue weighted by atomic mass is 10.3. The largest absolute Gasteiger partial charge is 0.481 e. The van der Waals surface area contributed by atoms with E-state index in [1.54, 1.807) is 0 Å². The molecule has 0 spiro atoms. The van der Waals surface area contributed by atoms with Gasteiger partial charge in [-0.25, -0.2) is 0 Å². The van der Waals surface area contributed by atoms with Gasteiger partial charge in [-0.15, -0.1) is 12.4 Å². The van der Waals surface area contributed by atoms with E-state index < -0.39 is 0 Å². The lowest BCUT2D eigenvalue weighted by molar-refractivity contribution is 0.312. The zero-order valence-electron chi connectivity index (χ0n) is 6.22. The van der Waals surface area contributed by atoms with Crippen LogP contribution in [0.1, 0.15) is 26.2 Å². The topological polar surface area (TPSA) is 33.1 Å². The zero-order chi connectivity index (χ0) is 6.69. The number of hydrogen-bond donors (Lipinski definition) is 1. The SMILES string of the molecule is CCOC(=N)CC1CC1.Cl. The van der Waals surface area contributed by atoms with Gasteiger partial charge in [-0.1, -0.05) is 0 Å². The van der Waals surface area contributed by atoms with Gasteiger partial charge < -0.3 is 4.74 Å². The van der Waals surface area contributed by atoms with E-state index in [0.717, 1.165) is 12.3 Å². The molecule has 0 aromatic carbocycles. The molecule has 1 aliphatic rings. The number of hydrogen-bond acceptors (Lipinski definition) is 2. The summed E-state index contributed by atoms with van der Waals surface area (Å²) in [6, 6.07) is 0. The molecular formula is C7H14ClNO. The van der Waals surface area contributed by atoms with Gasteiger partial charge in [-0.3, -0.25) is 5.41 Å². The Kier molecular flexibility index (Phi) is 4.45. The van der Waals surface area contributed by atoms with Crippen molar-refractivity contribution in [3.8, 4) is 0 Å². The lowest BCUT2D eigenvalue weighted by Crippen LogP contribution is -2.02. The molecule has 0 aliphatic heterocycles. The second-order valence-electron chi connectivity index (χ2n) is 2.50. The second-order valence-corrected chi connectivity index (χ2v) is 2.50. The highest BCUT2D eigenvalue weighted by Crippen LogP contribution is 2.32. The third-order valence-electron chi connectivity index (χ3n) is 1.49. The van der Waals surface area contributed by atoms with Crippen LogP contribution in [0.2, 0.25) is 0 Å². The Bertz CT molecular complexity index is 112. The van der Waals surface area contributed by atoms with Crippen LogP contribution in [0, 0.1) is 11.3 Å². The summed E-state index contributed by atoms with van der Waals surface area (Å²) in [5.74, 6) is 1.25. The smallest absolute Gasteiger partial charge is 0.180 e. The Balaban J connectivity index is 0.000000810. The van der Waals surface area contributed by atoms with Crippen LogP contribution in [0.4, 0.5) is 0 Å². The van der Waals surface area contributed by atoms with Crippen molar-refractivity contribution >= 4 is 18.3 Å². The van der Waals surface area contributed by atoms with Crippen LogP contribution in [-0.2, 0) is 4.74 Å². The molecule has 0 atom stereocenters. The molecule has 1 rings (SSSR count). The standard InChI is InChI=1S/C7H13NO.ClH/c1-2-9-7(8)5-6-3-4-6;/h6,8H,2-5H2,1H3;1H. The zero-order valence-corrected chi connectivity index (χ0v) is 7.04. The predicted octanol–water partition coefficient (Wildman–Crippen LogP) is 2.22. The van der Waals surface area contributed by atoms with Crippen molar-refractivity contribution in [1.82, 2.24) is 0 Å².